The molecule has 0 aromatic heterocycles. The first-order valence-corrected chi connectivity index (χ1v) is 7.50. The van der Waals surface area contributed by atoms with Crippen LogP contribution in [-0.4, -0.2) is 43.8 Å². The number of nitrogens with zero attached hydrogens (tertiary/aromatic N) is 1. The molecule has 1 aliphatic heterocycles. The van der Waals surface area contributed by atoms with Gasteiger partial charge in [-0.25, -0.2) is 4.79 Å². The predicted molar refractivity (Wildman–Crippen MR) is 81.5 cm³/mol. The van der Waals surface area contributed by atoms with Gasteiger partial charge < -0.3 is 19.7 Å². The third-order valence-electron chi connectivity index (χ3n) is 3.69. The zero-order valence-corrected chi connectivity index (χ0v) is 12.8. The summed E-state index contributed by atoms with van der Waals surface area (Å²) in [6.07, 6.45) is 2.19. The molecule has 116 valence electrons. The van der Waals surface area contributed by atoms with Gasteiger partial charge in [-0.15, -0.1) is 0 Å². The SMILES string of the molecule is CCOC1CCCN(C(=O)NCc2ccccc2OC)C1. The molecule has 0 saturated carbocycles. The summed E-state index contributed by atoms with van der Waals surface area (Å²) in [7, 11) is 1.64. The fourth-order valence-electron chi connectivity index (χ4n) is 2.63. The molecule has 1 N–H and O–H groups in total. The van der Waals surface area contributed by atoms with E-state index in [0.29, 0.717) is 19.7 Å². The fourth-order valence-corrected chi connectivity index (χ4v) is 2.63. The first-order chi connectivity index (χ1) is 10.2. The Labute approximate surface area is 126 Å². The van der Waals surface area contributed by atoms with Crippen molar-refractivity contribution in [3.05, 3.63) is 29.8 Å². The fraction of sp³-hybridized carbons (Fsp3) is 0.562. The van der Waals surface area contributed by atoms with Crippen LogP contribution in [0, 0.1) is 0 Å². The molecule has 1 aliphatic rings. The van der Waals surface area contributed by atoms with E-state index in [1.165, 1.54) is 0 Å². The maximum atomic E-state index is 12.2. The number of para-hydroxylation sites is 1. The second-order valence-corrected chi connectivity index (χ2v) is 5.14. The summed E-state index contributed by atoms with van der Waals surface area (Å²) in [6.45, 7) is 4.62. The van der Waals surface area contributed by atoms with Gasteiger partial charge in [0.1, 0.15) is 5.75 Å². The van der Waals surface area contributed by atoms with Crippen LogP contribution in [-0.2, 0) is 11.3 Å². The first-order valence-electron chi connectivity index (χ1n) is 7.50. The lowest BCUT2D eigenvalue weighted by molar-refractivity contribution is 0.0164. The minimum absolute atomic E-state index is 0.0368. The Bertz CT molecular complexity index is 463. The lowest BCUT2D eigenvalue weighted by Crippen LogP contribution is -2.47. The smallest absolute Gasteiger partial charge is 0.317 e. The van der Waals surface area contributed by atoms with Crippen molar-refractivity contribution in [2.24, 2.45) is 0 Å². The van der Waals surface area contributed by atoms with E-state index in [-0.39, 0.29) is 12.1 Å². The van der Waals surface area contributed by atoms with Gasteiger partial charge in [0, 0.05) is 31.8 Å². The van der Waals surface area contributed by atoms with Crippen LogP contribution in [0.15, 0.2) is 24.3 Å². The first kappa shape index (κ1) is 15.6. The average Bonchev–Trinajstić information content (AvgIpc) is 2.53. The number of urea groups is 1. The largest absolute Gasteiger partial charge is 0.496 e. The Morgan fingerprint density at radius 2 is 2.24 bits per heavy atom. The van der Waals surface area contributed by atoms with Gasteiger partial charge in [-0.05, 0) is 25.8 Å². The van der Waals surface area contributed by atoms with E-state index in [1.54, 1.807) is 7.11 Å². The number of hydrogen-bond donors (Lipinski definition) is 1. The maximum absolute atomic E-state index is 12.2. The van der Waals surface area contributed by atoms with Crippen LogP contribution in [0.25, 0.3) is 0 Å². The van der Waals surface area contributed by atoms with Crippen LogP contribution in [0.5, 0.6) is 5.75 Å². The van der Waals surface area contributed by atoms with E-state index in [1.807, 2.05) is 36.1 Å². The Kier molecular flexibility index (Phi) is 5.87. The van der Waals surface area contributed by atoms with Gasteiger partial charge >= 0.3 is 6.03 Å². The molecule has 0 spiro atoms. The number of methoxy groups -OCH3 is 1. The maximum Gasteiger partial charge on any atom is 0.317 e. The van der Waals surface area contributed by atoms with Crippen molar-refractivity contribution < 1.29 is 14.3 Å². The van der Waals surface area contributed by atoms with Gasteiger partial charge in [-0.3, -0.25) is 0 Å². The Hall–Kier alpha value is -1.75. The van der Waals surface area contributed by atoms with E-state index in [4.69, 9.17) is 9.47 Å². The van der Waals surface area contributed by atoms with Crippen LogP contribution >= 0.6 is 0 Å². The lowest BCUT2D eigenvalue weighted by Gasteiger charge is -2.32. The molecule has 0 bridgehead atoms. The summed E-state index contributed by atoms with van der Waals surface area (Å²) in [5.41, 5.74) is 0.978. The summed E-state index contributed by atoms with van der Waals surface area (Å²) < 4.78 is 10.9. The molecule has 1 aromatic carbocycles. The number of benzene rings is 1. The summed E-state index contributed by atoms with van der Waals surface area (Å²) in [5, 5.41) is 2.96. The lowest BCUT2D eigenvalue weighted by atomic mass is 10.1. The number of hydrogen-bond acceptors (Lipinski definition) is 3. The number of rotatable bonds is 5. The minimum atomic E-state index is -0.0368. The van der Waals surface area contributed by atoms with Crippen molar-refractivity contribution in [3.8, 4) is 5.75 Å². The molecule has 1 saturated heterocycles. The number of amides is 2. The van der Waals surface area contributed by atoms with E-state index in [9.17, 15) is 4.79 Å². The molecule has 5 heteroatoms. The van der Waals surface area contributed by atoms with Crippen LogP contribution in [0.4, 0.5) is 4.79 Å². The molecule has 1 atom stereocenters. The zero-order chi connectivity index (χ0) is 15.1. The number of carbonyl (C=O) groups is 1. The molecule has 1 unspecified atom stereocenters. The molecule has 2 amide bonds. The van der Waals surface area contributed by atoms with Gasteiger partial charge in [-0.1, -0.05) is 18.2 Å². The molecule has 1 heterocycles. The van der Waals surface area contributed by atoms with E-state index in [0.717, 1.165) is 30.7 Å². The van der Waals surface area contributed by atoms with Gasteiger partial charge in [-0.2, -0.15) is 0 Å². The number of piperidine rings is 1. The van der Waals surface area contributed by atoms with Crippen LogP contribution in [0.1, 0.15) is 25.3 Å². The number of nitrogens with one attached hydrogen (secondary N) is 1. The van der Waals surface area contributed by atoms with E-state index < -0.39 is 0 Å². The van der Waals surface area contributed by atoms with Gasteiger partial charge in [0.25, 0.3) is 0 Å². The molecule has 21 heavy (non-hydrogen) atoms. The number of ether oxygens (including phenoxy) is 2. The van der Waals surface area contributed by atoms with Crippen molar-refractivity contribution in [1.29, 1.82) is 0 Å². The van der Waals surface area contributed by atoms with Gasteiger partial charge in [0.2, 0.25) is 0 Å². The van der Waals surface area contributed by atoms with Crippen molar-refractivity contribution in [3.63, 3.8) is 0 Å². The highest BCUT2D eigenvalue weighted by Gasteiger charge is 2.23. The topological polar surface area (TPSA) is 50.8 Å². The van der Waals surface area contributed by atoms with E-state index >= 15 is 0 Å². The summed E-state index contributed by atoms with van der Waals surface area (Å²) in [4.78, 5) is 14.1. The Morgan fingerprint density at radius 3 is 3.00 bits per heavy atom. The highest BCUT2D eigenvalue weighted by molar-refractivity contribution is 5.74. The molecule has 1 aromatic rings. The molecule has 0 aliphatic carbocycles. The minimum Gasteiger partial charge on any atom is -0.496 e. The second-order valence-electron chi connectivity index (χ2n) is 5.14. The normalized spacial score (nSPS) is 18.4. The van der Waals surface area contributed by atoms with Crippen molar-refractivity contribution in [2.45, 2.75) is 32.4 Å². The zero-order valence-electron chi connectivity index (χ0n) is 12.8. The molecular formula is C16H24N2O3. The average molecular weight is 292 g/mol. The van der Waals surface area contributed by atoms with Crippen LogP contribution in [0.2, 0.25) is 0 Å². The molecular weight excluding hydrogens is 268 g/mol. The second kappa shape index (κ2) is 7.88. The van der Waals surface area contributed by atoms with Crippen LogP contribution in [0.3, 0.4) is 0 Å². The predicted octanol–water partition coefficient (Wildman–Crippen LogP) is 2.41. The highest BCUT2D eigenvalue weighted by atomic mass is 16.5. The number of carbonyl (C=O) groups excluding carboxylic acids is 1. The van der Waals surface area contributed by atoms with Crippen molar-refractivity contribution in [2.75, 3.05) is 26.8 Å². The monoisotopic (exact) mass is 292 g/mol. The summed E-state index contributed by atoms with van der Waals surface area (Å²) in [5.74, 6) is 0.795. The third kappa shape index (κ3) is 4.36. The summed E-state index contributed by atoms with van der Waals surface area (Å²) >= 11 is 0. The highest BCUT2D eigenvalue weighted by Crippen LogP contribution is 2.17. The Morgan fingerprint density at radius 1 is 1.43 bits per heavy atom. The molecule has 2 rings (SSSR count). The Balaban J connectivity index is 1.86. The van der Waals surface area contributed by atoms with Gasteiger partial charge in [0.15, 0.2) is 0 Å². The molecule has 5 nitrogen and oxygen atoms in total. The quantitative estimate of drug-likeness (QED) is 0.906. The summed E-state index contributed by atoms with van der Waals surface area (Å²) in [6, 6.07) is 7.67. The molecule has 1 fully saturated rings. The van der Waals surface area contributed by atoms with E-state index in [2.05, 4.69) is 5.32 Å². The van der Waals surface area contributed by atoms with Crippen molar-refractivity contribution in [1.82, 2.24) is 10.2 Å². The molecule has 0 radical (unpaired) electrons. The van der Waals surface area contributed by atoms with Gasteiger partial charge in [0.05, 0.1) is 13.2 Å². The standard InChI is InChI=1S/C16H24N2O3/c1-3-21-14-8-6-10-18(12-14)16(19)17-11-13-7-4-5-9-15(13)20-2/h4-5,7,9,14H,3,6,8,10-12H2,1-2H3,(H,17,19). The van der Waals surface area contributed by atoms with Crippen molar-refractivity contribution >= 4 is 6.03 Å². The third-order valence-corrected chi connectivity index (χ3v) is 3.69. The number of likely N-dealkylation sites (tertiary alicyclic amines) is 1. The van der Waals surface area contributed by atoms with Crippen LogP contribution < -0.4 is 10.1 Å².